The van der Waals surface area contributed by atoms with E-state index in [-0.39, 0.29) is 17.9 Å². The topological polar surface area (TPSA) is 74.2 Å². The molecule has 2 atom stereocenters. The highest BCUT2D eigenvalue weighted by molar-refractivity contribution is 7.13. The summed E-state index contributed by atoms with van der Waals surface area (Å²) in [5.74, 6) is 0.0717. The van der Waals surface area contributed by atoms with E-state index in [9.17, 15) is 9.90 Å². The van der Waals surface area contributed by atoms with Crippen LogP contribution < -0.4 is 10.6 Å². The van der Waals surface area contributed by atoms with Crippen molar-refractivity contribution in [2.75, 3.05) is 11.9 Å². The molecule has 5 nitrogen and oxygen atoms in total. The monoisotopic (exact) mass is 317 g/mol. The fraction of sp³-hybridized carbons (Fsp3) is 0.375. The Morgan fingerprint density at radius 2 is 2.32 bits per heavy atom. The molecule has 1 saturated carbocycles. The predicted molar refractivity (Wildman–Crippen MR) is 87.5 cm³/mol. The minimum Gasteiger partial charge on any atom is -0.393 e. The number of carbonyl (C=O) groups is 1. The lowest BCUT2D eigenvalue weighted by molar-refractivity contribution is 0.0917. The average molecular weight is 317 g/mol. The summed E-state index contributed by atoms with van der Waals surface area (Å²) in [7, 11) is 0. The maximum absolute atomic E-state index is 12.2. The van der Waals surface area contributed by atoms with E-state index in [1.54, 1.807) is 12.3 Å². The number of rotatable bonds is 5. The Balaban J connectivity index is 1.60. The highest BCUT2D eigenvalue weighted by Gasteiger charge is 2.25. The van der Waals surface area contributed by atoms with Crippen LogP contribution in [-0.4, -0.2) is 28.6 Å². The number of aliphatic hydroxyl groups is 1. The average Bonchev–Trinajstić information content (AvgIpc) is 3.17. The zero-order valence-electron chi connectivity index (χ0n) is 12.2. The van der Waals surface area contributed by atoms with Crippen molar-refractivity contribution in [2.24, 2.45) is 5.92 Å². The molecule has 22 heavy (non-hydrogen) atoms. The number of anilines is 2. The van der Waals surface area contributed by atoms with Gasteiger partial charge >= 0.3 is 0 Å². The highest BCUT2D eigenvalue weighted by Crippen LogP contribution is 2.25. The first kappa shape index (κ1) is 15.0. The molecule has 0 aliphatic heterocycles. The van der Waals surface area contributed by atoms with E-state index in [0.717, 1.165) is 30.1 Å². The Bertz CT molecular complexity index is 630. The Morgan fingerprint density at radius 1 is 1.41 bits per heavy atom. The molecular weight excluding hydrogens is 298 g/mol. The number of nitrogens with zero attached hydrogens (tertiary/aromatic N) is 1. The number of thiazole rings is 1. The Labute approximate surface area is 133 Å². The van der Waals surface area contributed by atoms with Gasteiger partial charge in [-0.2, -0.15) is 0 Å². The van der Waals surface area contributed by atoms with Crippen LogP contribution in [0.3, 0.4) is 0 Å². The number of aliphatic hydroxyl groups excluding tert-OH is 1. The molecule has 0 bridgehead atoms. The number of hydrogen-bond acceptors (Lipinski definition) is 5. The number of benzene rings is 1. The van der Waals surface area contributed by atoms with Gasteiger partial charge in [0.2, 0.25) is 0 Å². The minimum atomic E-state index is -0.279. The van der Waals surface area contributed by atoms with Gasteiger partial charge in [0.1, 0.15) is 0 Å². The van der Waals surface area contributed by atoms with E-state index in [4.69, 9.17) is 0 Å². The summed E-state index contributed by atoms with van der Waals surface area (Å²) in [6.07, 6.45) is 4.31. The predicted octanol–water partition coefficient (Wildman–Crippen LogP) is 2.78. The van der Waals surface area contributed by atoms with Crippen molar-refractivity contribution >= 4 is 28.1 Å². The summed E-state index contributed by atoms with van der Waals surface area (Å²) < 4.78 is 0. The third-order valence-corrected chi connectivity index (χ3v) is 4.64. The molecule has 0 radical (unpaired) electrons. The molecule has 1 aromatic carbocycles. The normalized spacial score (nSPS) is 20.8. The van der Waals surface area contributed by atoms with Gasteiger partial charge in [0.15, 0.2) is 5.13 Å². The van der Waals surface area contributed by atoms with Crippen molar-refractivity contribution in [1.29, 1.82) is 0 Å². The molecule has 1 heterocycles. The molecule has 1 fully saturated rings. The van der Waals surface area contributed by atoms with E-state index in [1.165, 1.54) is 11.3 Å². The minimum absolute atomic E-state index is 0.109. The molecule has 6 heteroatoms. The molecule has 1 aliphatic rings. The van der Waals surface area contributed by atoms with Crippen LogP contribution in [0.2, 0.25) is 0 Å². The first-order valence-electron chi connectivity index (χ1n) is 7.45. The Hall–Kier alpha value is -1.92. The van der Waals surface area contributed by atoms with Gasteiger partial charge in [0.05, 0.1) is 6.10 Å². The van der Waals surface area contributed by atoms with Crippen molar-refractivity contribution in [1.82, 2.24) is 10.3 Å². The van der Waals surface area contributed by atoms with Crippen molar-refractivity contribution in [3.05, 3.63) is 41.4 Å². The molecular formula is C16H19N3O2S. The molecule has 2 aromatic rings. The summed E-state index contributed by atoms with van der Waals surface area (Å²) in [6, 6.07) is 7.34. The number of carbonyl (C=O) groups excluding carboxylic acids is 1. The van der Waals surface area contributed by atoms with E-state index in [1.807, 2.05) is 23.6 Å². The van der Waals surface area contributed by atoms with Gasteiger partial charge in [0.25, 0.3) is 5.91 Å². The van der Waals surface area contributed by atoms with E-state index in [0.29, 0.717) is 12.1 Å². The van der Waals surface area contributed by atoms with Crippen LogP contribution in [0.4, 0.5) is 10.8 Å². The van der Waals surface area contributed by atoms with Gasteiger partial charge < -0.3 is 15.7 Å². The number of nitrogens with one attached hydrogen (secondary N) is 2. The Morgan fingerprint density at radius 3 is 3.05 bits per heavy atom. The van der Waals surface area contributed by atoms with Gasteiger partial charge in [-0.15, -0.1) is 11.3 Å². The smallest absolute Gasteiger partial charge is 0.251 e. The lowest BCUT2D eigenvalue weighted by Gasteiger charge is -2.15. The van der Waals surface area contributed by atoms with Crippen molar-refractivity contribution in [3.63, 3.8) is 0 Å². The molecule has 116 valence electrons. The van der Waals surface area contributed by atoms with Gasteiger partial charge in [-0.05, 0) is 31.0 Å². The summed E-state index contributed by atoms with van der Waals surface area (Å²) in [5, 5.41) is 18.6. The summed E-state index contributed by atoms with van der Waals surface area (Å²) >= 11 is 1.51. The van der Waals surface area contributed by atoms with Gasteiger partial charge in [-0.3, -0.25) is 4.79 Å². The second-order valence-electron chi connectivity index (χ2n) is 5.51. The Kier molecular flexibility index (Phi) is 4.70. The van der Waals surface area contributed by atoms with Crippen molar-refractivity contribution in [3.8, 4) is 0 Å². The van der Waals surface area contributed by atoms with Crippen LogP contribution in [0.25, 0.3) is 0 Å². The van der Waals surface area contributed by atoms with Gasteiger partial charge in [0, 0.05) is 35.3 Å². The molecule has 1 aromatic heterocycles. The van der Waals surface area contributed by atoms with Crippen LogP contribution in [0, 0.1) is 5.92 Å². The third kappa shape index (κ3) is 3.64. The van der Waals surface area contributed by atoms with Crippen LogP contribution in [-0.2, 0) is 0 Å². The number of hydrogen-bond donors (Lipinski definition) is 3. The zero-order valence-corrected chi connectivity index (χ0v) is 13.0. The summed E-state index contributed by atoms with van der Waals surface area (Å²) in [5.41, 5.74) is 1.44. The van der Waals surface area contributed by atoms with Crippen LogP contribution in [0.5, 0.6) is 0 Å². The van der Waals surface area contributed by atoms with Crippen LogP contribution in [0.1, 0.15) is 29.6 Å². The van der Waals surface area contributed by atoms with E-state index in [2.05, 4.69) is 15.6 Å². The maximum Gasteiger partial charge on any atom is 0.251 e. The maximum atomic E-state index is 12.2. The molecule has 0 saturated heterocycles. The summed E-state index contributed by atoms with van der Waals surface area (Å²) in [4.78, 5) is 16.4. The molecule has 0 spiro atoms. The molecule has 3 rings (SSSR count). The van der Waals surface area contributed by atoms with Crippen LogP contribution >= 0.6 is 11.3 Å². The molecule has 1 amide bonds. The zero-order chi connectivity index (χ0) is 15.4. The van der Waals surface area contributed by atoms with Crippen LogP contribution in [0.15, 0.2) is 35.8 Å². The first-order valence-corrected chi connectivity index (χ1v) is 8.33. The van der Waals surface area contributed by atoms with E-state index < -0.39 is 0 Å². The lowest BCUT2D eigenvalue weighted by Crippen LogP contribution is -2.32. The third-order valence-electron chi connectivity index (χ3n) is 3.95. The highest BCUT2D eigenvalue weighted by atomic mass is 32.1. The van der Waals surface area contributed by atoms with E-state index >= 15 is 0 Å². The lowest BCUT2D eigenvalue weighted by atomic mass is 10.1. The van der Waals surface area contributed by atoms with Gasteiger partial charge in [-0.25, -0.2) is 4.98 Å². The SMILES string of the molecule is O=C(NC[C@H]1CCC[C@@H]1O)c1cccc(Nc2nccs2)c1. The van der Waals surface area contributed by atoms with Gasteiger partial charge in [-0.1, -0.05) is 12.5 Å². The first-order chi connectivity index (χ1) is 10.7. The van der Waals surface area contributed by atoms with Crippen molar-refractivity contribution < 1.29 is 9.90 Å². The second kappa shape index (κ2) is 6.89. The quantitative estimate of drug-likeness (QED) is 0.793. The fourth-order valence-corrected chi connectivity index (χ4v) is 3.28. The fourth-order valence-electron chi connectivity index (χ4n) is 2.73. The molecule has 0 unspecified atom stereocenters. The standard InChI is InChI=1S/C16H19N3O2S/c20-14-6-2-4-12(14)10-18-15(21)11-3-1-5-13(9-11)19-16-17-7-8-22-16/h1,3,5,7-9,12,14,20H,2,4,6,10H2,(H,17,19)(H,18,21)/t12-,14+/m1/s1. The van der Waals surface area contributed by atoms with Crippen molar-refractivity contribution in [2.45, 2.75) is 25.4 Å². The second-order valence-corrected chi connectivity index (χ2v) is 6.41. The molecule has 1 aliphatic carbocycles. The molecule has 3 N–H and O–H groups in total. The number of amides is 1. The number of aromatic nitrogens is 1. The summed E-state index contributed by atoms with van der Waals surface area (Å²) in [6.45, 7) is 0.532. The largest absolute Gasteiger partial charge is 0.393 e.